The van der Waals surface area contributed by atoms with Crippen LogP contribution in [0.5, 0.6) is 5.75 Å². The van der Waals surface area contributed by atoms with Gasteiger partial charge in [0, 0.05) is 56.2 Å². The molecule has 0 saturated heterocycles. The third kappa shape index (κ3) is 8.49. The highest BCUT2D eigenvalue weighted by atomic mass is 16.5. The zero-order chi connectivity index (χ0) is 32.4. The second kappa shape index (κ2) is 15.3. The van der Waals surface area contributed by atoms with Crippen molar-refractivity contribution < 1.29 is 14.3 Å². The summed E-state index contributed by atoms with van der Waals surface area (Å²) in [4.78, 5) is 35.9. The molecule has 3 aromatic carbocycles. The second-order valence-electron chi connectivity index (χ2n) is 11.9. The van der Waals surface area contributed by atoms with Crippen LogP contribution in [0, 0.1) is 6.92 Å². The third-order valence-corrected chi connectivity index (χ3v) is 8.38. The standard InChI is InChI=1S/C36H40N8O3/c1-28-7-4-8-30(23-28)24-34(45)41-16-2-3-17-43(36(46)31-13-11-29(12-14-31)26-44-27-38-39-40-44)21-20-42-19-15-37-35(42)32-9-5-10-33(25-32)47-22-6-18-41/h4-5,7-15,19,23,25,27H,2-3,6,16-18,20-22,24,26H2,1H3. The van der Waals surface area contributed by atoms with Gasteiger partial charge in [-0.15, -0.1) is 5.10 Å². The predicted molar refractivity (Wildman–Crippen MR) is 178 cm³/mol. The van der Waals surface area contributed by atoms with Gasteiger partial charge in [-0.3, -0.25) is 9.59 Å². The van der Waals surface area contributed by atoms with E-state index in [1.54, 1.807) is 17.2 Å². The summed E-state index contributed by atoms with van der Waals surface area (Å²) in [5.74, 6) is 1.67. The van der Waals surface area contributed by atoms with E-state index in [9.17, 15) is 9.59 Å². The Morgan fingerprint density at radius 1 is 0.830 bits per heavy atom. The van der Waals surface area contributed by atoms with Crippen molar-refractivity contribution >= 4 is 11.8 Å². The minimum atomic E-state index is -0.0265. The molecule has 1 aliphatic heterocycles. The number of carbonyl (C=O) groups is 2. The second-order valence-corrected chi connectivity index (χ2v) is 11.9. The molecule has 0 N–H and O–H groups in total. The summed E-state index contributed by atoms with van der Waals surface area (Å²) in [5.41, 5.74) is 4.74. The fourth-order valence-corrected chi connectivity index (χ4v) is 5.91. The van der Waals surface area contributed by atoms with Crippen LogP contribution in [0.3, 0.4) is 0 Å². The van der Waals surface area contributed by atoms with Gasteiger partial charge in [0.15, 0.2) is 0 Å². The van der Waals surface area contributed by atoms with Gasteiger partial charge in [0.25, 0.3) is 5.91 Å². The Morgan fingerprint density at radius 3 is 2.45 bits per heavy atom. The van der Waals surface area contributed by atoms with Crippen LogP contribution in [-0.4, -0.2) is 84.2 Å². The molecule has 0 spiro atoms. The smallest absolute Gasteiger partial charge is 0.253 e. The summed E-state index contributed by atoms with van der Waals surface area (Å²) in [7, 11) is 0. The predicted octanol–water partition coefficient (Wildman–Crippen LogP) is 4.67. The highest BCUT2D eigenvalue weighted by Gasteiger charge is 2.19. The minimum Gasteiger partial charge on any atom is -0.494 e. The van der Waals surface area contributed by atoms with E-state index in [0.717, 1.165) is 46.7 Å². The maximum absolute atomic E-state index is 13.9. The van der Waals surface area contributed by atoms with Crippen molar-refractivity contribution in [2.24, 2.45) is 0 Å². The van der Waals surface area contributed by atoms with Crippen LogP contribution in [0.15, 0.2) is 91.5 Å². The minimum absolute atomic E-state index is 0.0265. The lowest BCUT2D eigenvalue weighted by Crippen LogP contribution is -2.37. The third-order valence-electron chi connectivity index (χ3n) is 8.38. The number of tetrazole rings is 1. The summed E-state index contributed by atoms with van der Waals surface area (Å²) < 4.78 is 9.85. The number of amides is 2. The van der Waals surface area contributed by atoms with Gasteiger partial charge in [-0.2, -0.15) is 0 Å². The van der Waals surface area contributed by atoms with Crippen LogP contribution in [0.2, 0.25) is 0 Å². The summed E-state index contributed by atoms with van der Waals surface area (Å²) in [5, 5.41) is 11.3. The number of imidazole rings is 1. The number of nitrogens with zero attached hydrogens (tertiary/aromatic N) is 8. The van der Waals surface area contributed by atoms with Crippen molar-refractivity contribution in [2.75, 3.05) is 32.8 Å². The normalized spacial score (nSPS) is 14.6. The van der Waals surface area contributed by atoms with Crippen molar-refractivity contribution in [3.63, 3.8) is 0 Å². The molecule has 6 rings (SSSR count). The molecule has 2 amide bonds. The van der Waals surface area contributed by atoms with Gasteiger partial charge < -0.3 is 19.1 Å². The summed E-state index contributed by atoms with van der Waals surface area (Å²) >= 11 is 0. The van der Waals surface area contributed by atoms with Crippen LogP contribution >= 0.6 is 0 Å². The molecule has 0 unspecified atom stereocenters. The number of fused-ring (bicyclic) bond motifs is 4. The van der Waals surface area contributed by atoms with E-state index >= 15 is 0 Å². The quantitative estimate of drug-likeness (QED) is 0.277. The Balaban J connectivity index is 1.20. The van der Waals surface area contributed by atoms with Crippen molar-refractivity contribution in [1.29, 1.82) is 0 Å². The molecule has 242 valence electrons. The van der Waals surface area contributed by atoms with Gasteiger partial charge in [-0.05, 0) is 72.0 Å². The van der Waals surface area contributed by atoms with E-state index in [0.29, 0.717) is 64.3 Å². The summed E-state index contributed by atoms with van der Waals surface area (Å²) in [6, 6.07) is 23.7. The van der Waals surface area contributed by atoms with Gasteiger partial charge in [-0.25, -0.2) is 9.67 Å². The van der Waals surface area contributed by atoms with Gasteiger partial charge in [-0.1, -0.05) is 54.1 Å². The Bertz CT molecular complexity index is 1770. The zero-order valence-electron chi connectivity index (χ0n) is 26.7. The molecule has 11 heteroatoms. The molecule has 47 heavy (non-hydrogen) atoms. The maximum Gasteiger partial charge on any atom is 0.253 e. The van der Waals surface area contributed by atoms with Crippen LogP contribution in [-0.2, 0) is 24.3 Å². The number of benzene rings is 3. The van der Waals surface area contributed by atoms with Crippen LogP contribution in [0.25, 0.3) is 11.4 Å². The molecule has 2 bridgehead atoms. The topological polar surface area (TPSA) is 111 Å². The Labute approximate surface area is 274 Å². The van der Waals surface area contributed by atoms with Gasteiger partial charge in [0.1, 0.15) is 17.9 Å². The Morgan fingerprint density at radius 2 is 1.64 bits per heavy atom. The van der Waals surface area contributed by atoms with Gasteiger partial charge >= 0.3 is 0 Å². The van der Waals surface area contributed by atoms with E-state index in [4.69, 9.17) is 4.74 Å². The number of hydrogen-bond donors (Lipinski definition) is 0. The van der Waals surface area contributed by atoms with Crippen LogP contribution < -0.4 is 4.74 Å². The first-order valence-electron chi connectivity index (χ1n) is 16.2. The molecule has 3 heterocycles. The Kier molecular flexibility index (Phi) is 10.3. The van der Waals surface area contributed by atoms with Gasteiger partial charge in [0.2, 0.25) is 5.91 Å². The summed E-state index contributed by atoms with van der Waals surface area (Å²) in [6.45, 7) is 5.98. The van der Waals surface area contributed by atoms with Crippen LogP contribution in [0.4, 0.5) is 0 Å². The van der Waals surface area contributed by atoms with Crippen molar-refractivity contribution in [3.05, 3.63) is 114 Å². The summed E-state index contributed by atoms with van der Waals surface area (Å²) in [6.07, 6.45) is 7.94. The molecule has 11 nitrogen and oxygen atoms in total. The van der Waals surface area contributed by atoms with E-state index < -0.39 is 0 Å². The zero-order valence-corrected chi connectivity index (χ0v) is 26.7. The van der Waals surface area contributed by atoms with E-state index in [1.165, 1.54) is 0 Å². The van der Waals surface area contributed by atoms with Crippen LogP contribution in [0.1, 0.15) is 46.3 Å². The molecule has 0 atom stereocenters. The lowest BCUT2D eigenvalue weighted by atomic mass is 10.1. The van der Waals surface area contributed by atoms with E-state index in [-0.39, 0.29) is 11.8 Å². The fourth-order valence-electron chi connectivity index (χ4n) is 5.91. The number of aryl methyl sites for hydroxylation is 1. The SMILES string of the molecule is Cc1cccc(CC(=O)N2CCCCN(C(=O)c3ccc(Cn4cnnn4)cc3)CCn3ccnc3-c3cccc(c3)OCCC2)c1. The first kappa shape index (κ1) is 31.7. The number of ether oxygens (including phenoxy) is 1. The first-order valence-corrected chi connectivity index (χ1v) is 16.2. The monoisotopic (exact) mass is 632 g/mol. The number of aromatic nitrogens is 6. The molecule has 0 fully saturated rings. The van der Waals surface area contributed by atoms with Crippen molar-refractivity contribution in [3.8, 4) is 17.1 Å². The number of hydrogen-bond acceptors (Lipinski definition) is 7. The number of carbonyl (C=O) groups excluding carboxylic acids is 2. The Hall–Kier alpha value is -5.32. The van der Waals surface area contributed by atoms with E-state index in [2.05, 4.69) is 31.1 Å². The van der Waals surface area contributed by atoms with Gasteiger partial charge in [0.05, 0.1) is 19.6 Å². The molecule has 0 aliphatic carbocycles. The highest BCUT2D eigenvalue weighted by molar-refractivity contribution is 5.94. The van der Waals surface area contributed by atoms with Crippen molar-refractivity contribution in [2.45, 2.75) is 45.7 Å². The molecule has 5 aromatic rings. The lowest BCUT2D eigenvalue weighted by molar-refractivity contribution is -0.130. The average Bonchev–Trinajstić information content (AvgIpc) is 3.78. The highest BCUT2D eigenvalue weighted by Crippen LogP contribution is 2.23. The molecule has 2 aromatic heterocycles. The molecule has 0 radical (unpaired) electrons. The molecule has 0 saturated carbocycles. The molecular formula is C36H40N8O3. The molecule has 1 aliphatic rings. The average molecular weight is 633 g/mol. The largest absolute Gasteiger partial charge is 0.494 e. The first-order chi connectivity index (χ1) is 23.0. The lowest BCUT2D eigenvalue weighted by Gasteiger charge is -2.26. The fraction of sp³-hybridized carbons (Fsp3) is 0.333. The van der Waals surface area contributed by atoms with Crippen molar-refractivity contribution in [1.82, 2.24) is 39.6 Å². The maximum atomic E-state index is 13.9. The van der Waals surface area contributed by atoms with E-state index in [1.807, 2.05) is 89.7 Å². The number of rotatable bonds is 5. The molecular weight excluding hydrogens is 592 g/mol.